The number of amides is 1. The third-order valence-electron chi connectivity index (χ3n) is 1.48. The molecule has 0 saturated carbocycles. The molecule has 4 N–H and O–H groups in total. The molecular weight excluding hydrogens is 218 g/mol. The summed E-state index contributed by atoms with van der Waals surface area (Å²) in [4.78, 5) is 22.2. The van der Waals surface area contributed by atoms with Crippen LogP contribution in [0.5, 0.6) is 0 Å². The van der Waals surface area contributed by atoms with Crippen molar-refractivity contribution in [3.63, 3.8) is 0 Å². The van der Waals surface area contributed by atoms with Crippen LogP contribution in [-0.4, -0.2) is 22.9 Å². The predicted molar refractivity (Wildman–Crippen MR) is 55.5 cm³/mol. The van der Waals surface area contributed by atoms with E-state index in [9.17, 15) is 9.59 Å². The van der Waals surface area contributed by atoms with Gasteiger partial charge in [-0.2, -0.15) is 4.37 Å². The number of primary amides is 1. The molecule has 15 heavy (non-hydrogen) atoms. The fraction of sp³-hybridized carbons (Fsp3) is 0.125. The molecule has 0 aliphatic rings. The summed E-state index contributed by atoms with van der Waals surface area (Å²) in [5, 5.41) is 0. The van der Waals surface area contributed by atoms with E-state index in [0.717, 1.165) is 11.5 Å². The molecule has 1 amide bonds. The standard InChI is InChI=1S/C8H9N3O3S/c1-2-3-14-8(13)6-4(9)5(7(10)12)11-15-6/h2H,1,3,9H2,(H2,10,12). The molecule has 0 aromatic carbocycles. The summed E-state index contributed by atoms with van der Waals surface area (Å²) >= 11 is 0.778. The zero-order valence-corrected chi connectivity index (χ0v) is 8.54. The maximum absolute atomic E-state index is 11.3. The van der Waals surface area contributed by atoms with Crippen molar-refractivity contribution in [2.24, 2.45) is 5.73 Å². The van der Waals surface area contributed by atoms with Crippen molar-refractivity contribution in [2.75, 3.05) is 12.3 Å². The van der Waals surface area contributed by atoms with Gasteiger partial charge in [-0.25, -0.2) is 4.79 Å². The lowest BCUT2D eigenvalue weighted by atomic mass is 10.3. The Morgan fingerprint density at radius 2 is 2.27 bits per heavy atom. The third-order valence-corrected chi connectivity index (χ3v) is 2.32. The quantitative estimate of drug-likeness (QED) is 0.563. The number of nitrogens with zero attached hydrogens (tertiary/aromatic N) is 1. The predicted octanol–water partition coefficient (Wildman–Crippen LogP) is 0.167. The zero-order valence-electron chi connectivity index (χ0n) is 7.73. The Balaban J connectivity index is 2.91. The van der Waals surface area contributed by atoms with Crippen molar-refractivity contribution >= 4 is 29.1 Å². The number of hydrogen-bond donors (Lipinski definition) is 2. The van der Waals surface area contributed by atoms with E-state index < -0.39 is 11.9 Å². The van der Waals surface area contributed by atoms with E-state index in [2.05, 4.69) is 11.0 Å². The van der Waals surface area contributed by atoms with Crippen LogP contribution in [0.15, 0.2) is 12.7 Å². The summed E-state index contributed by atoms with van der Waals surface area (Å²) in [5.41, 5.74) is 10.3. The highest BCUT2D eigenvalue weighted by molar-refractivity contribution is 7.08. The van der Waals surface area contributed by atoms with Crippen molar-refractivity contribution in [1.82, 2.24) is 4.37 Å². The maximum atomic E-state index is 11.3. The molecule has 0 atom stereocenters. The third kappa shape index (κ3) is 2.32. The van der Waals surface area contributed by atoms with Gasteiger partial charge >= 0.3 is 5.97 Å². The van der Waals surface area contributed by atoms with E-state index in [0.29, 0.717) is 0 Å². The number of anilines is 1. The van der Waals surface area contributed by atoms with Crippen molar-refractivity contribution in [3.05, 3.63) is 23.2 Å². The highest BCUT2D eigenvalue weighted by Crippen LogP contribution is 2.21. The summed E-state index contributed by atoms with van der Waals surface area (Å²) in [6.45, 7) is 3.46. The molecule has 0 radical (unpaired) electrons. The monoisotopic (exact) mass is 227 g/mol. The largest absolute Gasteiger partial charge is 0.457 e. The Morgan fingerprint density at radius 3 is 2.73 bits per heavy atom. The number of nitrogen functional groups attached to an aromatic ring is 1. The smallest absolute Gasteiger partial charge is 0.352 e. The van der Waals surface area contributed by atoms with Crippen LogP contribution in [0.3, 0.4) is 0 Å². The van der Waals surface area contributed by atoms with Crippen LogP contribution in [0.1, 0.15) is 20.2 Å². The SMILES string of the molecule is C=CCOC(=O)c1snc(C(N)=O)c1N. The van der Waals surface area contributed by atoms with Crippen molar-refractivity contribution in [1.29, 1.82) is 0 Å². The van der Waals surface area contributed by atoms with Gasteiger partial charge in [0.25, 0.3) is 5.91 Å². The Morgan fingerprint density at radius 1 is 1.60 bits per heavy atom. The highest BCUT2D eigenvalue weighted by atomic mass is 32.1. The molecule has 7 heteroatoms. The average Bonchev–Trinajstić information content (AvgIpc) is 2.56. The van der Waals surface area contributed by atoms with E-state index >= 15 is 0 Å². The molecule has 0 fully saturated rings. The van der Waals surface area contributed by atoms with Crippen LogP contribution in [0.4, 0.5) is 5.69 Å². The van der Waals surface area contributed by atoms with Gasteiger partial charge in [-0.15, -0.1) is 0 Å². The summed E-state index contributed by atoms with van der Waals surface area (Å²) in [6.07, 6.45) is 1.42. The first-order chi connectivity index (χ1) is 7.07. The molecule has 0 saturated heterocycles. The number of aromatic nitrogens is 1. The van der Waals surface area contributed by atoms with Crippen LogP contribution in [0, 0.1) is 0 Å². The maximum Gasteiger partial charge on any atom is 0.352 e. The number of carbonyl (C=O) groups excluding carboxylic acids is 2. The van der Waals surface area contributed by atoms with E-state index in [4.69, 9.17) is 16.2 Å². The van der Waals surface area contributed by atoms with Crippen molar-refractivity contribution in [2.45, 2.75) is 0 Å². The van der Waals surface area contributed by atoms with E-state index in [-0.39, 0.29) is 22.9 Å². The second kappa shape index (κ2) is 4.56. The van der Waals surface area contributed by atoms with Crippen molar-refractivity contribution in [3.8, 4) is 0 Å². The summed E-state index contributed by atoms with van der Waals surface area (Å²) in [7, 11) is 0. The lowest BCUT2D eigenvalue weighted by Crippen LogP contribution is -2.14. The van der Waals surface area contributed by atoms with Gasteiger partial charge in [0.15, 0.2) is 10.6 Å². The molecule has 1 aromatic heterocycles. The highest BCUT2D eigenvalue weighted by Gasteiger charge is 2.21. The molecular formula is C8H9N3O3S. The van der Waals surface area contributed by atoms with Gasteiger partial charge in [0.1, 0.15) is 6.61 Å². The van der Waals surface area contributed by atoms with Gasteiger partial charge in [-0.3, -0.25) is 4.79 Å². The van der Waals surface area contributed by atoms with Gasteiger partial charge in [0.05, 0.1) is 5.69 Å². The van der Waals surface area contributed by atoms with Crippen LogP contribution in [-0.2, 0) is 4.74 Å². The molecule has 1 heterocycles. The van der Waals surface area contributed by atoms with Crippen LogP contribution in [0.2, 0.25) is 0 Å². The van der Waals surface area contributed by atoms with Crippen LogP contribution < -0.4 is 11.5 Å². The molecule has 80 valence electrons. The summed E-state index contributed by atoms with van der Waals surface area (Å²) < 4.78 is 8.39. The van der Waals surface area contributed by atoms with E-state index in [1.54, 1.807) is 0 Å². The van der Waals surface area contributed by atoms with Gasteiger partial charge in [0, 0.05) is 0 Å². The minimum atomic E-state index is -0.772. The fourth-order valence-corrected chi connectivity index (χ4v) is 1.52. The minimum Gasteiger partial charge on any atom is -0.457 e. The Hall–Kier alpha value is -1.89. The lowest BCUT2D eigenvalue weighted by Gasteiger charge is -1.99. The zero-order chi connectivity index (χ0) is 11.4. The second-order valence-electron chi connectivity index (χ2n) is 2.53. The number of nitrogens with two attached hydrogens (primary N) is 2. The van der Waals surface area contributed by atoms with Gasteiger partial charge in [0.2, 0.25) is 0 Å². The number of ether oxygens (including phenoxy) is 1. The second-order valence-corrected chi connectivity index (χ2v) is 3.30. The van der Waals surface area contributed by atoms with Gasteiger partial charge in [-0.1, -0.05) is 12.7 Å². The number of rotatable bonds is 4. The van der Waals surface area contributed by atoms with Crippen LogP contribution >= 0.6 is 11.5 Å². The summed E-state index contributed by atoms with van der Waals surface area (Å²) in [6, 6.07) is 0. The van der Waals surface area contributed by atoms with Gasteiger partial charge in [-0.05, 0) is 11.5 Å². The number of hydrogen-bond acceptors (Lipinski definition) is 6. The van der Waals surface area contributed by atoms with E-state index in [1.165, 1.54) is 6.08 Å². The molecule has 6 nitrogen and oxygen atoms in total. The first-order valence-electron chi connectivity index (χ1n) is 3.91. The topological polar surface area (TPSA) is 108 Å². The first-order valence-corrected chi connectivity index (χ1v) is 4.68. The first kappa shape index (κ1) is 11.2. The normalized spacial score (nSPS) is 9.60. The molecule has 0 aliphatic carbocycles. The lowest BCUT2D eigenvalue weighted by molar-refractivity contribution is 0.0556. The number of carbonyl (C=O) groups is 2. The van der Waals surface area contributed by atoms with E-state index in [1.807, 2.05) is 0 Å². The van der Waals surface area contributed by atoms with Crippen molar-refractivity contribution < 1.29 is 14.3 Å². The fourth-order valence-electron chi connectivity index (χ4n) is 0.822. The molecule has 0 bridgehead atoms. The molecule has 0 spiro atoms. The average molecular weight is 227 g/mol. The van der Waals surface area contributed by atoms with Crippen LogP contribution in [0.25, 0.3) is 0 Å². The minimum absolute atomic E-state index is 0.0402. The molecule has 0 aliphatic heterocycles. The molecule has 0 unspecified atom stereocenters. The molecule has 1 rings (SSSR count). The Bertz CT molecular complexity index is 413. The number of esters is 1. The summed E-state index contributed by atoms with van der Waals surface area (Å²) in [5.74, 6) is -1.41. The Kier molecular flexibility index (Phi) is 3.40. The molecule has 1 aromatic rings. The Labute approximate surface area is 89.7 Å². The van der Waals surface area contributed by atoms with Gasteiger partial charge < -0.3 is 16.2 Å².